The van der Waals surface area contributed by atoms with Crippen molar-refractivity contribution in [3.05, 3.63) is 187 Å². The largest absolute Gasteiger partial charge is 0.494 e. The predicted octanol–water partition coefficient (Wildman–Crippen LogP) is 16.7. The van der Waals surface area contributed by atoms with E-state index in [1.165, 1.54) is 36.8 Å². The Balaban J connectivity index is 0.000000202. The van der Waals surface area contributed by atoms with Crippen molar-refractivity contribution >= 4 is 80.4 Å². The molecular weight excluding hydrogens is 1140 g/mol. The summed E-state index contributed by atoms with van der Waals surface area (Å²) in [6, 6.07) is 41.2. The number of unbranched alkanes of at least 4 members (excludes halogenated alkanes) is 6. The number of rotatable bonds is 25. The molecule has 4 N–H and O–H groups in total. The normalized spacial score (nSPS) is 14.7. The van der Waals surface area contributed by atoms with Gasteiger partial charge in [0, 0.05) is 86.1 Å². The van der Waals surface area contributed by atoms with Crippen LogP contribution in [-0.2, 0) is 17.6 Å². The van der Waals surface area contributed by atoms with E-state index in [2.05, 4.69) is 34.4 Å². The molecule has 84 heavy (non-hydrogen) atoms. The van der Waals surface area contributed by atoms with Gasteiger partial charge in [-0.2, -0.15) is 0 Å². The van der Waals surface area contributed by atoms with Crippen LogP contribution in [-0.4, -0.2) is 97.7 Å². The smallest absolute Gasteiger partial charge is 0.416 e. The molecule has 0 spiro atoms. The molecule has 2 aliphatic rings. The number of amides is 2. The first-order valence-electron chi connectivity index (χ1n) is 29.4. The molecule has 444 valence electrons. The molecule has 0 aliphatic carbocycles. The van der Waals surface area contributed by atoms with Gasteiger partial charge in [0.05, 0.1) is 13.2 Å². The number of fused-ring (bicyclic) bond motifs is 6. The van der Waals surface area contributed by atoms with Crippen LogP contribution in [0.3, 0.4) is 0 Å². The second-order valence-electron chi connectivity index (χ2n) is 21.6. The fourth-order valence-corrected chi connectivity index (χ4v) is 11.5. The highest BCUT2D eigenvalue weighted by Gasteiger charge is 2.37. The van der Waals surface area contributed by atoms with E-state index in [9.17, 15) is 9.59 Å². The van der Waals surface area contributed by atoms with Crippen molar-refractivity contribution in [1.82, 2.24) is 30.4 Å². The minimum Gasteiger partial charge on any atom is -0.494 e. The molecule has 0 saturated heterocycles. The maximum atomic E-state index is 13.5. The molecule has 2 aliphatic heterocycles. The van der Waals surface area contributed by atoms with Crippen LogP contribution in [0.25, 0.3) is 21.8 Å². The summed E-state index contributed by atoms with van der Waals surface area (Å²) < 4.78 is 28.7. The number of methoxy groups -OCH3 is 1. The third kappa shape index (κ3) is 16.9. The number of aromatic nitrogens is 2. The third-order valence-electron chi connectivity index (χ3n) is 15.2. The lowest BCUT2D eigenvalue weighted by atomic mass is 9.92. The quantitative estimate of drug-likeness (QED) is 0.0411. The van der Waals surface area contributed by atoms with Crippen LogP contribution >= 0.6 is 46.4 Å². The average Bonchev–Trinajstić information content (AvgIpc) is 3.35. The lowest BCUT2D eigenvalue weighted by molar-refractivity contribution is 0.134. The van der Waals surface area contributed by atoms with Gasteiger partial charge in [0.25, 0.3) is 0 Å². The van der Waals surface area contributed by atoms with Crippen LogP contribution in [0.1, 0.15) is 117 Å². The van der Waals surface area contributed by atoms with Gasteiger partial charge in [0.2, 0.25) is 0 Å². The fourth-order valence-electron chi connectivity index (χ4n) is 10.9. The Kier molecular flexibility index (Phi) is 23.0. The van der Waals surface area contributed by atoms with E-state index in [0.717, 1.165) is 114 Å². The van der Waals surface area contributed by atoms with Crippen molar-refractivity contribution in [2.45, 2.75) is 103 Å². The first kappa shape index (κ1) is 62.1. The van der Waals surface area contributed by atoms with Gasteiger partial charge in [-0.25, -0.2) is 9.59 Å². The molecule has 17 heteroatoms. The van der Waals surface area contributed by atoms with Crippen LogP contribution in [0.5, 0.6) is 23.0 Å². The van der Waals surface area contributed by atoms with Gasteiger partial charge < -0.3 is 44.3 Å². The van der Waals surface area contributed by atoms with E-state index in [1.807, 2.05) is 84.9 Å². The predicted molar refractivity (Wildman–Crippen MR) is 339 cm³/mol. The van der Waals surface area contributed by atoms with Crippen molar-refractivity contribution in [2.24, 2.45) is 0 Å². The van der Waals surface area contributed by atoms with Crippen LogP contribution < -0.4 is 29.6 Å². The van der Waals surface area contributed by atoms with Gasteiger partial charge in [-0.3, -0.25) is 9.80 Å². The number of ether oxygens (including phenoxy) is 5. The second kappa shape index (κ2) is 31.1. The molecule has 0 saturated carbocycles. The molecule has 4 heterocycles. The zero-order valence-electron chi connectivity index (χ0n) is 48.1. The molecule has 2 atom stereocenters. The maximum Gasteiger partial charge on any atom is 0.416 e. The second-order valence-corrected chi connectivity index (χ2v) is 23.4. The van der Waals surface area contributed by atoms with Crippen LogP contribution in [0.15, 0.2) is 133 Å². The monoisotopic (exact) mass is 1220 g/mol. The summed E-state index contributed by atoms with van der Waals surface area (Å²) in [6.45, 7) is 10.6. The molecule has 13 nitrogen and oxygen atoms in total. The lowest BCUT2D eigenvalue weighted by Crippen LogP contribution is -2.42. The van der Waals surface area contributed by atoms with Crippen molar-refractivity contribution in [3.63, 3.8) is 0 Å². The van der Waals surface area contributed by atoms with E-state index in [0.29, 0.717) is 76.8 Å². The van der Waals surface area contributed by atoms with Gasteiger partial charge in [-0.15, -0.1) is 0 Å². The van der Waals surface area contributed by atoms with E-state index >= 15 is 0 Å². The van der Waals surface area contributed by atoms with E-state index in [-0.39, 0.29) is 12.1 Å². The SMILES string of the molecule is CC(C)NCCCCCCOc1ccc(C2c3[nH]c4ccc(Cl)cc4c3CCN2C(=O)Oc2ccc(Cl)cc2)cc1.COCCCNCCCCCCOc1ccc(C2c3[nH]c4ccc(Cl)cc4c3CCN2C(=O)Oc2ccc(Cl)cc2)cc1. The highest BCUT2D eigenvalue weighted by Crippen LogP contribution is 2.42. The number of hydrogen-bond donors (Lipinski definition) is 4. The van der Waals surface area contributed by atoms with Gasteiger partial charge in [0.15, 0.2) is 0 Å². The molecule has 2 amide bonds. The van der Waals surface area contributed by atoms with Crippen LogP contribution in [0.4, 0.5) is 9.59 Å². The minimum absolute atomic E-state index is 0.349. The van der Waals surface area contributed by atoms with E-state index < -0.39 is 12.2 Å². The fraction of sp³-hybridized carbons (Fsp3) is 0.373. The summed E-state index contributed by atoms with van der Waals surface area (Å²) in [5.74, 6) is 2.54. The number of H-pyrrole nitrogens is 2. The molecule has 2 aromatic heterocycles. The molecule has 0 bridgehead atoms. The zero-order chi connectivity index (χ0) is 58.8. The molecule has 0 fully saturated rings. The van der Waals surface area contributed by atoms with Crippen LogP contribution in [0, 0.1) is 0 Å². The van der Waals surface area contributed by atoms with Gasteiger partial charge in [-0.05, 0) is 196 Å². The molecule has 8 aromatic rings. The van der Waals surface area contributed by atoms with E-state index in [4.69, 9.17) is 70.1 Å². The molecule has 6 aromatic carbocycles. The number of nitrogens with one attached hydrogen (secondary N) is 4. The Morgan fingerprint density at radius 2 is 0.905 bits per heavy atom. The number of halogens is 4. The van der Waals surface area contributed by atoms with Crippen molar-refractivity contribution < 1.29 is 33.3 Å². The summed E-state index contributed by atoms with van der Waals surface area (Å²) in [5.41, 5.74) is 8.22. The summed E-state index contributed by atoms with van der Waals surface area (Å²) in [7, 11) is 1.74. The molecular formula is C67H76Cl4N6O7. The highest BCUT2D eigenvalue weighted by atomic mass is 35.5. The first-order chi connectivity index (χ1) is 40.9. The first-order valence-corrected chi connectivity index (χ1v) is 30.9. The number of hydrogen-bond acceptors (Lipinski definition) is 9. The average molecular weight is 1220 g/mol. The number of carbonyl (C=O) groups excluding carboxylic acids is 2. The topological polar surface area (TPSA) is 142 Å². The van der Waals surface area contributed by atoms with Crippen molar-refractivity contribution in [3.8, 4) is 23.0 Å². The van der Waals surface area contributed by atoms with Gasteiger partial charge >= 0.3 is 12.2 Å². The standard InChI is InChI=1S/C34H39Cl2N3O4.C33H37Cl2N3O3/c1-41-21-6-19-37-18-4-2-3-5-22-42-27-12-7-24(8-13-27)33-32-29(30-23-26(36)11-16-31(30)38-32)17-20-39(33)34(40)43-28-14-9-25(35)10-15-28;1-22(2)36-18-5-3-4-6-20-40-26-12-7-23(8-13-26)32-31-28(29-21-25(35)11-16-30(29)37-31)17-19-38(32)33(39)41-27-14-9-24(34)10-15-27/h7-16,23,33,37-38H,2-6,17-22H2,1H3;7-16,21-22,32,36-37H,3-6,17-20H2,1-2H3. The summed E-state index contributed by atoms with van der Waals surface area (Å²) >= 11 is 24.7. The van der Waals surface area contributed by atoms with Crippen molar-refractivity contribution in [1.29, 1.82) is 0 Å². The summed E-state index contributed by atoms with van der Waals surface area (Å²) in [4.78, 5) is 37.7. The Morgan fingerprint density at radius 1 is 0.500 bits per heavy atom. The van der Waals surface area contributed by atoms with Crippen molar-refractivity contribution in [2.75, 3.05) is 59.7 Å². The number of aromatic amines is 2. The minimum atomic E-state index is -0.417. The zero-order valence-corrected chi connectivity index (χ0v) is 51.2. The molecule has 0 radical (unpaired) electrons. The van der Waals surface area contributed by atoms with Crippen LogP contribution in [0.2, 0.25) is 20.1 Å². The highest BCUT2D eigenvalue weighted by molar-refractivity contribution is 6.32. The number of nitrogens with zero attached hydrogens (tertiary/aromatic N) is 2. The van der Waals surface area contributed by atoms with Gasteiger partial charge in [0.1, 0.15) is 35.1 Å². The summed E-state index contributed by atoms with van der Waals surface area (Å²) in [5, 5.41) is 11.6. The van der Waals surface area contributed by atoms with E-state index in [1.54, 1.807) is 65.4 Å². The lowest BCUT2D eigenvalue weighted by Gasteiger charge is -2.35. The Hall–Kier alpha value is -6.42. The Bertz CT molecular complexity index is 3370. The summed E-state index contributed by atoms with van der Waals surface area (Å²) in [6.07, 6.45) is 10.7. The Labute approximate surface area is 513 Å². The molecule has 10 rings (SSSR count). The number of benzene rings is 6. The number of carbonyl (C=O) groups is 2. The van der Waals surface area contributed by atoms with Gasteiger partial charge in [-0.1, -0.05) is 110 Å². The third-order valence-corrected chi connectivity index (χ3v) is 16.2. The molecule has 2 unspecified atom stereocenters. The Morgan fingerprint density at radius 3 is 1.35 bits per heavy atom. The maximum absolute atomic E-state index is 13.5.